The van der Waals surface area contributed by atoms with Crippen LogP contribution in [0.1, 0.15) is 27.7 Å². The van der Waals surface area contributed by atoms with Crippen molar-refractivity contribution in [2.24, 2.45) is 0 Å². The van der Waals surface area contributed by atoms with Crippen LogP contribution in [0.4, 0.5) is 20.2 Å². The molecule has 3 aromatic carbocycles. The lowest BCUT2D eigenvalue weighted by atomic mass is 10.0. The van der Waals surface area contributed by atoms with Crippen molar-refractivity contribution >= 4 is 56.8 Å². The molecule has 4 nitrogen and oxygen atoms in total. The number of thiophene rings is 2. The average molecular weight is 631 g/mol. The Hall–Kier alpha value is -3.66. The van der Waals surface area contributed by atoms with Gasteiger partial charge in [0.25, 0.3) is 0 Å². The van der Waals surface area contributed by atoms with E-state index in [9.17, 15) is 0 Å². The molecule has 220 valence electrons. The Kier molecular flexibility index (Phi) is 8.56. The number of fused-ring (bicyclic) bond motifs is 1. The number of hydrogen-bond acceptors (Lipinski definition) is 7. The first kappa shape index (κ1) is 29.4. The smallest absolute Gasteiger partial charge is 0.170 e. The fraction of sp³-hybridized carbons (Fsp3) is 0.235. The summed E-state index contributed by atoms with van der Waals surface area (Å²) in [4.78, 5) is 7.80. The fourth-order valence-corrected chi connectivity index (χ4v) is 8.16. The molecule has 0 saturated heterocycles. The summed E-state index contributed by atoms with van der Waals surface area (Å²) in [6.45, 7) is 12.3. The lowest BCUT2D eigenvalue weighted by molar-refractivity contribution is 0.516. The molecule has 6 rings (SSSR count). The van der Waals surface area contributed by atoms with Gasteiger partial charge in [-0.05, 0) is 87.4 Å². The summed E-state index contributed by atoms with van der Waals surface area (Å²) in [5, 5.41) is 0. The first-order chi connectivity index (χ1) is 21.0. The zero-order valence-corrected chi connectivity index (χ0v) is 27.0. The van der Waals surface area contributed by atoms with Gasteiger partial charge < -0.3 is 9.80 Å². The zero-order chi connectivity index (χ0) is 30.1. The van der Waals surface area contributed by atoms with E-state index in [0.29, 0.717) is 20.8 Å². The molecule has 9 heteroatoms. The van der Waals surface area contributed by atoms with E-state index >= 15 is 8.78 Å². The molecule has 0 fully saturated rings. The maximum atomic E-state index is 16.0. The van der Waals surface area contributed by atoms with Crippen molar-refractivity contribution in [3.8, 4) is 41.8 Å². The molecule has 0 saturated carbocycles. The monoisotopic (exact) mass is 630 g/mol. The van der Waals surface area contributed by atoms with Gasteiger partial charge in [0.1, 0.15) is 11.0 Å². The van der Waals surface area contributed by atoms with Crippen LogP contribution in [0.5, 0.6) is 0 Å². The molecule has 0 spiro atoms. The fourth-order valence-electron chi connectivity index (χ4n) is 5.50. The number of halogens is 2. The molecule has 0 radical (unpaired) electrons. The van der Waals surface area contributed by atoms with E-state index in [2.05, 4.69) is 94.8 Å². The van der Waals surface area contributed by atoms with Crippen molar-refractivity contribution in [3.63, 3.8) is 0 Å². The van der Waals surface area contributed by atoms with Gasteiger partial charge in [0.2, 0.25) is 0 Å². The number of nitrogens with zero attached hydrogens (tertiary/aromatic N) is 4. The highest BCUT2D eigenvalue weighted by molar-refractivity contribution is 7.19. The summed E-state index contributed by atoms with van der Waals surface area (Å²) in [6, 6.07) is 24.3. The van der Waals surface area contributed by atoms with Crippen LogP contribution in [0.3, 0.4) is 0 Å². The molecule has 3 aromatic heterocycles. The van der Waals surface area contributed by atoms with Gasteiger partial charge in [-0.1, -0.05) is 24.3 Å². The number of hydrogen-bond donors (Lipinski definition) is 0. The predicted molar refractivity (Wildman–Crippen MR) is 182 cm³/mol. The van der Waals surface area contributed by atoms with Crippen LogP contribution in [0, 0.1) is 11.6 Å². The molecule has 0 amide bonds. The molecule has 43 heavy (non-hydrogen) atoms. The van der Waals surface area contributed by atoms with Gasteiger partial charge in [0.05, 0.1) is 22.9 Å². The van der Waals surface area contributed by atoms with Crippen LogP contribution < -0.4 is 9.80 Å². The second kappa shape index (κ2) is 12.5. The molecule has 0 aliphatic carbocycles. The highest BCUT2D eigenvalue weighted by Crippen LogP contribution is 2.45. The van der Waals surface area contributed by atoms with E-state index in [4.69, 9.17) is 0 Å². The summed E-state index contributed by atoms with van der Waals surface area (Å²) in [6.07, 6.45) is 0. The Morgan fingerprint density at radius 2 is 0.860 bits per heavy atom. The first-order valence-electron chi connectivity index (χ1n) is 14.5. The van der Waals surface area contributed by atoms with Crippen molar-refractivity contribution < 1.29 is 8.78 Å². The maximum Gasteiger partial charge on any atom is 0.170 e. The second-order valence-electron chi connectivity index (χ2n) is 10.1. The molecular formula is C34H32F2N4S3. The van der Waals surface area contributed by atoms with Crippen LogP contribution in [0.2, 0.25) is 0 Å². The van der Waals surface area contributed by atoms with Gasteiger partial charge >= 0.3 is 0 Å². The second-order valence-corrected chi connectivity index (χ2v) is 12.8. The lowest BCUT2D eigenvalue weighted by Gasteiger charge is -2.21. The summed E-state index contributed by atoms with van der Waals surface area (Å²) < 4.78 is 40.8. The maximum absolute atomic E-state index is 16.0. The molecule has 0 atom stereocenters. The lowest BCUT2D eigenvalue weighted by Crippen LogP contribution is -2.21. The van der Waals surface area contributed by atoms with Gasteiger partial charge in [0, 0.05) is 57.1 Å². The normalized spacial score (nSPS) is 11.4. The van der Waals surface area contributed by atoms with Gasteiger partial charge in [-0.2, -0.15) is 8.75 Å². The predicted octanol–water partition coefficient (Wildman–Crippen LogP) is 10.5. The average Bonchev–Trinajstić information content (AvgIpc) is 3.82. The standard InChI is InChI=1S/C34H32F2N4S3/c1-5-39(6-2)23-13-9-21(10-14-23)25-17-19-27(41-25)29-31(35)32(36)30(34-33(29)37-43-38-34)28-20-18-26(42-28)22-11-15-24(16-12-22)40(7-3)8-4/h9-20H,5-8H2,1-4H3. The van der Waals surface area contributed by atoms with Crippen LogP contribution >= 0.6 is 34.4 Å². The SMILES string of the molecule is CCN(CC)c1ccc(-c2ccc(-c3c(F)c(F)c(-c4ccc(-c5ccc(N(CC)CC)cc5)s4)c4nsnc34)s2)cc1. The number of rotatable bonds is 10. The van der Waals surface area contributed by atoms with Crippen LogP contribution in [-0.2, 0) is 0 Å². The van der Waals surface area contributed by atoms with Crippen LogP contribution in [0.15, 0.2) is 72.8 Å². The van der Waals surface area contributed by atoms with Crippen molar-refractivity contribution in [3.05, 3.63) is 84.4 Å². The number of benzene rings is 3. The van der Waals surface area contributed by atoms with Crippen molar-refractivity contribution in [2.45, 2.75) is 27.7 Å². The molecule has 3 heterocycles. The van der Waals surface area contributed by atoms with E-state index in [1.165, 1.54) is 22.7 Å². The van der Waals surface area contributed by atoms with Crippen LogP contribution in [-0.4, -0.2) is 34.9 Å². The Morgan fingerprint density at radius 1 is 0.512 bits per heavy atom. The Bertz CT molecular complexity index is 1710. The minimum Gasteiger partial charge on any atom is -0.372 e. The molecule has 0 N–H and O–H groups in total. The topological polar surface area (TPSA) is 32.3 Å². The quantitative estimate of drug-likeness (QED) is 0.151. The minimum atomic E-state index is -0.890. The minimum absolute atomic E-state index is 0.171. The Morgan fingerprint density at radius 3 is 1.21 bits per heavy atom. The van der Waals surface area contributed by atoms with Gasteiger partial charge in [0.15, 0.2) is 11.6 Å². The van der Waals surface area contributed by atoms with Gasteiger partial charge in [-0.3, -0.25) is 0 Å². The van der Waals surface area contributed by atoms with E-state index in [1.807, 2.05) is 24.3 Å². The number of aromatic nitrogens is 2. The third-order valence-electron chi connectivity index (χ3n) is 7.86. The zero-order valence-electron chi connectivity index (χ0n) is 24.5. The van der Waals surface area contributed by atoms with E-state index in [0.717, 1.165) is 70.2 Å². The third kappa shape index (κ3) is 5.46. The van der Waals surface area contributed by atoms with E-state index in [1.54, 1.807) is 0 Å². The Labute approximate surface area is 263 Å². The largest absolute Gasteiger partial charge is 0.372 e. The summed E-state index contributed by atoms with van der Waals surface area (Å²) in [5.74, 6) is -1.78. The molecule has 6 aromatic rings. The summed E-state index contributed by atoms with van der Waals surface area (Å²) >= 11 is 3.84. The molecule has 0 aliphatic heterocycles. The van der Waals surface area contributed by atoms with Gasteiger partial charge in [-0.25, -0.2) is 8.78 Å². The van der Waals surface area contributed by atoms with Gasteiger partial charge in [-0.15, -0.1) is 22.7 Å². The Balaban J connectivity index is 1.34. The third-order valence-corrected chi connectivity index (χ3v) is 10.7. The van der Waals surface area contributed by atoms with E-state index in [-0.39, 0.29) is 11.1 Å². The highest BCUT2D eigenvalue weighted by atomic mass is 32.1. The number of anilines is 2. The van der Waals surface area contributed by atoms with E-state index < -0.39 is 11.6 Å². The van der Waals surface area contributed by atoms with Crippen molar-refractivity contribution in [2.75, 3.05) is 36.0 Å². The molecule has 0 unspecified atom stereocenters. The molecule has 0 bridgehead atoms. The first-order valence-corrected chi connectivity index (χ1v) is 16.9. The summed E-state index contributed by atoms with van der Waals surface area (Å²) in [5.41, 5.74) is 5.53. The van der Waals surface area contributed by atoms with Crippen molar-refractivity contribution in [1.82, 2.24) is 8.75 Å². The molecular weight excluding hydrogens is 599 g/mol. The summed E-state index contributed by atoms with van der Waals surface area (Å²) in [7, 11) is 0. The highest BCUT2D eigenvalue weighted by Gasteiger charge is 2.27. The van der Waals surface area contributed by atoms with Crippen LogP contribution in [0.25, 0.3) is 52.8 Å². The molecule has 0 aliphatic rings. The van der Waals surface area contributed by atoms with Crippen molar-refractivity contribution in [1.29, 1.82) is 0 Å².